The summed E-state index contributed by atoms with van der Waals surface area (Å²) < 4.78 is 22.5. The molecule has 4 aromatic rings. The van der Waals surface area contributed by atoms with Gasteiger partial charge >= 0.3 is 5.97 Å². The van der Waals surface area contributed by atoms with Gasteiger partial charge in [0.25, 0.3) is 0 Å². The molecule has 4 aromatic carbocycles. The van der Waals surface area contributed by atoms with Gasteiger partial charge in [-0.15, -0.1) is 0 Å². The maximum absolute atomic E-state index is 12.1. The molecule has 0 N–H and O–H groups in total. The third-order valence-electron chi connectivity index (χ3n) is 7.59. The second kappa shape index (κ2) is 11.8. The van der Waals surface area contributed by atoms with Gasteiger partial charge < -0.3 is 18.9 Å². The summed E-state index contributed by atoms with van der Waals surface area (Å²) >= 11 is 0. The van der Waals surface area contributed by atoms with Gasteiger partial charge in [0.2, 0.25) is 0 Å². The molecule has 0 atom stereocenters. The van der Waals surface area contributed by atoms with Crippen molar-refractivity contribution >= 4 is 5.97 Å². The molecular formula is C36H38O5. The van der Waals surface area contributed by atoms with Crippen molar-refractivity contribution in [2.45, 2.75) is 33.1 Å². The van der Waals surface area contributed by atoms with Gasteiger partial charge in [0.05, 0.1) is 17.4 Å². The standard InChI is InChI=1S/C36H38O5/c1-25-24-27(16-19-33(25)40-21-20-38-5)36(31-12-8-6-10-29(31)30-11-7-9-13-32(30)36)26-14-17-28(18-15-26)39-22-23-41-34(37)35(2,3)4/h6-19,24H,20-23H2,1-5H3. The molecule has 0 amide bonds. The monoisotopic (exact) mass is 550 g/mol. The van der Waals surface area contributed by atoms with E-state index >= 15 is 0 Å². The highest BCUT2D eigenvalue weighted by atomic mass is 16.6. The zero-order valence-corrected chi connectivity index (χ0v) is 24.5. The molecule has 0 heterocycles. The Morgan fingerprint density at radius 3 is 1.88 bits per heavy atom. The molecular weight excluding hydrogens is 512 g/mol. The van der Waals surface area contributed by atoms with E-state index in [0.29, 0.717) is 19.8 Å². The molecule has 1 aliphatic rings. The number of methoxy groups -OCH3 is 1. The summed E-state index contributed by atoms with van der Waals surface area (Å²) in [6.45, 7) is 9.16. The van der Waals surface area contributed by atoms with Gasteiger partial charge in [0.1, 0.15) is 31.3 Å². The quantitative estimate of drug-likeness (QED) is 0.134. The van der Waals surface area contributed by atoms with E-state index in [1.807, 2.05) is 32.9 Å². The highest BCUT2D eigenvalue weighted by Gasteiger charge is 2.46. The van der Waals surface area contributed by atoms with E-state index in [1.54, 1.807) is 7.11 Å². The summed E-state index contributed by atoms with van der Waals surface area (Å²) in [7, 11) is 1.68. The van der Waals surface area contributed by atoms with Crippen LogP contribution < -0.4 is 9.47 Å². The van der Waals surface area contributed by atoms with E-state index in [1.165, 1.54) is 27.8 Å². The zero-order chi connectivity index (χ0) is 29.0. The number of rotatable bonds is 10. The average molecular weight is 551 g/mol. The van der Waals surface area contributed by atoms with Gasteiger partial charge in [0, 0.05) is 7.11 Å². The third kappa shape index (κ3) is 5.47. The first-order chi connectivity index (χ1) is 19.8. The molecule has 1 aliphatic carbocycles. The fraction of sp³-hybridized carbons (Fsp3) is 0.306. The summed E-state index contributed by atoms with van der Waals surface area (Å²) in [4.78, 5) is 12.1. The van der Waals surface area contributed by atoms with Crippen molar-refractivity contribution in [3.63, 3.8) is 0 Å². The molecule has 0 bridgehead atoms. The molecule has 5 nitrogen and oxygen atoms in total. The van der Waals surface area contributed by atoms with E-state index in [4.69, 9.17) is 18.9 Å². The van der Waals surface area contributed by atoms with Crippen LogP contribution in [0.5, 0.6) is 11.5 Å². The van der Waals surface area contributed by atoms with Crippen LogP contribution >= 0.6 is 0 Å². The van der Waals surface area contributed by atoms with Crippen LogP contribution in [0.15, 0.2) is 91.0 Å². The van der Waals surface area contributed by atoms with Crippen LogP contribution in [0.4, 0.5) is 0 Å². The normalized spacial score (nSPS) is 13.3. The molecule has 0 aromatic heterocycles. The smallest absolute Gasteiger partial charge is 0.311 e. The van der Waals surface area contributed by atoms with Gasteiger partial charge in [-0.3, -0.25) is 4.79 Å². The summed E-state index contributed by atoms with van der Waals surface area (Å²) in [5.41, 5.74) is 7.32. The zero-order valence-electron chi connectivity index (χ0n) is 24.5. The second-order valence-corrected chi connectivity index (χ2v) is 11.4. The number of ether oxygens (including phenoxy) is 4. The predicted octanol–water partition coefficient (Wildman–Crippen LogP) is 7.35. The number of carbonyl (C=O) groups is 1. The first kappa shape index (κ1) is 28.4. The first-order valence-electron chi connectivity index (χ1n) is 14.1. The number of fused-ring (bicyclic) bond motifs is 3. The number of carbonyl (C=O) groups excluding carboxylic acids is 1. The molecule has 5 rings (SSSR count). The lowest BCUT2D eigenvalue weighted by atomic mass is 9.67. The topological polar surface area (TPSA) is 54.0 Å². The maximum Gasteiger partial charge on any atom is 0.311 e. The molecule has 212 valence electrons. The van der Waals surface area contributed by atoms with Gasteiger partial charge in [0.15, 0.2) is 0 Å². The summed E-state index contributed by atoms with van der Waals surface area (Å²) in [5, 5.41) is 0. The fourth-order valence-corrected chi connectivity index (χ4v) is 5.61. The highest BCUT2D eigenvalue weighted by Crippen LogP contribution is 2.56. The Bertz CT molecular complexity index is 1470. The van der Waals surface area contributed by atoms with Crippen LogP contribution in [0.25, 0.3) is 11.1 Å². The van der Waals surface area contributed by atoms with E-state index in [9.17, 15) is 4.79 Å². The lowest BCUT2D eigenvalue weighted by Gasteiger charge is -2.34. The predicted molar refractivity (Wildman–Crippen MR) is 162 cm³/mol. The molecule has 0 saturated carbocycles. The van der Waals surface area contributed by atoms with Gasteiger partial charge in [-0.05, 0) is 84.8 Å². The van der Waals surface area contributed by atoms with Gasteiger partial charge in [-0.2, -0.15) is 0 Å². The van der Waals surface area contributed by atoms with Crippen molar-refractivity contribution in [2.75, 3.05) is 33.5 Å². The molecule has 41 heavy (non-hydrogen) atoms. The van der Waals surface area contributed by atoms with Crippen molar-refractivity contribution in [3.05, 3.63) is 119 Å². The van der Waals surface area contributed by atoms with Gasteiger partial charge in [-0.1, -0.05) is 72.8 Å². The SMILES string of the molecule is COCCOc1ccc(C2(c3ccc(OCCOC(=O)C(C)(C)C)cc3)c3ccccc3-c3ccccc32)cc1C. The van der Waals surface area contributed by atoms with Crippen molar-refractivity contribution in [1.29, 1.82) is 0 Å². The Morgan fingerprint density at radius 1 is 0.707 bits per heavy atom. The number of hydrogen-bond donors (Lipinski definition) is 0. The van der Waals surface area contributed by atoms with Crippen molar-refractivity contribution in [2.24, 2.45) is 5.41 Å². The average Bonchev–Trinajstić information content (AvgIpc) is 3.27. The first-order valence-corrected chi connectivity index (χ1v) is 14.1. The van der Waals surface area contributed by atoms with E-state index in [0.717, 1.165) is 22.6 Å². The van der Waals surface area contributed by atoms with Crippen LogP contribution in [0.2, 0.25) is 0 Å². The van der Waals surface area contributed by atoms with Crippen LogP contribution in [0.1, 0.15) is 48.6 Å². The lowest BCUT2D eigenvalue weighted by Crippen LogP contribution is -2.28. The summed E-state index contributed by atoms with van der Waals surface area (Å²) in [6, 6.07) is 32.1. The van der Waals surface area contributed by atoms with Crippen LogP contribution in [-0.2, 0) is 19.7 Å². The van der Waals surface area contributed by atoms with Crippen molar-refractivity contribution < 1.29 is 23.7 Å². The number of benzene rings is 4. The molecule has 0 aliphatic heterocycles. The molecule has 0 saturated heterocycles. The minimum Gasteiger partial charge on any atom is -0.491 e. The Hall–Kier alpha value is -4.09. The van der Waals surface area contributed by atoms with Gasteiger partial charge in [-0.25, -0.2) is 0 Å². The Balaban J connectivity index is 1.52. The summed E-state index contributed by atoms with van der Waals surface area (Å²) in [5.74, 6) is 1.35. The number of hydrogen-bond acceptors (Lipinski definition) is 5. The fourth-order valence-electron chi connectivity index (χ4n) is 5.61. The largest absolute Gasteiger partial charge is 0.491 e. The highest BCUT2D eigenvalue weighted by molar-refractivity contribution is 5.86. The Kier molecular flexibility index (Phi) is 8.18. The molecule has 0 unspecified atom stereocenters. The third-order valence-corrected chi connectivity index (χ3v) is 7.59. The summed E-state index contributed by atoms with van der Waals surface area (Å²) in [6.07, 6.45) is 0. The Labute approximate surface area is 243 Å². The van der Waals surface area contributed by atoms with E-state index in [-0.39, 0.29) is 12.6 Å². The maximum atomic E-state index is 12.1. The number of aryl methyl sites for hydroxylation is 1. The molecule has 0 spiro atoms. The van der Waals surface area contributed by atoms with E-state index < -0.39 is 10.8 Å². The van der Waals surface area contributed by atoms with Crippen LogP contribution in [0.3, 0.4) is 0 Å². The van der Waals surface area contributed by atoms with E-state index in [2.05, 4.69) is 85.8 Å². The Morgan fingerprint density at radius 2 is 1.29 bits per heavy atom. The minimum atomic E-state index is -0.531. The lowest BCUT2D eigenvalue weighted by molar-refractivity contribution is -0.153. The molecule has 0 radical (unpaired) electrons. The minimum absolute atomic E-state index is 0.209. The molecule has 0 fully saturated rings. The van der Waals surface area contributed by atoms with Crippen LogP contribution in [0, 0.1) is 12.3 Å². The molecule has 5 heteroatoms. The van der Waals surface area contributed by atoms with Crippen LogP contribution in [-0.4, -0.2) is 39.5 Å². The second-order valence-electron chi connectivity index (χ2n) is 11.4. The number of esters is 1. The van der Waals surface area contributed by atoms with Crippen molar-refractivity contribution in [1.82, 2.24) is 0 Å². The van der Waals surface area contributed by atoms with Crippen molar-refractivity contribution in [3.8, 4) is 22.6 Å².